The lowest BCUT2D eigenvalue weighted by Gasteiger charge is -2.37. The Bertz CT molecular complexity index is 1510. The molecule has 6 rings (SSSR count). The number of morpholine rings is 1. The summed E-state index contributed by atoms with van der Waals surface area (Å²) in [6.07, 6.45) is 6.98. The van der Waals surface area contributed by atoms with Crippen molar-refractivity contribution in [2.24, 2.45) is 5.73 Å². The van der Waals surface area contributed by atoms with E-state index in [0.717, 1.165) is 11.3 Å². The van der Waals surface area contributed by atoms with Crippen molar-refractivity contribution in [1.29, 1.82) is 0 Å². The van der Waals surface area contributed by atoms with Crippen LogP contribution in [0, 0.1) is 0 Å². The number of hydrogen-bond donors (Lipinski definition) is 1. The normalized spacial score (nSPS) is 15.8. The molecule has 0 saturated carbocycles. The van der Waals surface area contributed by atoms with Gasteiger partial charge in [0.2, 0.25) is 0 Å². The van der Waals surface area contributed by atoms with Gasteiger partial charge in [-0.15, -0.1) is 0 Å². The van der Waals surface area contributed by atoms with Crippen LogP contribution in [-0.4, -0.2) is 40.1 Å². The van der Waals surface area contributed by atoms with Gasteiger partial charge in [-0.2, -0.15) is 0 Å². The van der Waals surface area contributed by atoms with Gasteiger partial charge in [0.1, 0.15) is 17.9 Å². The molecule has 1 atom stereocenters. The minimum absolute atomic E-state index is 0.0262. The first kappa shape index (κ1) is 29.2. The van der Waals surface area contributed by atoms with Gasteiger partial charge in [0, 0.05) is 25.1 Å². The first-order valence-corrected chi connectivity index (χ1v) is 14.2. The largest absolute Gasteiger partial charge is 0.497 e. The molecule has 7 nitrogen and oxygen atoms in total. The van der Waals surface area contributed by atoms with Crippen LogP contribution in [0.5, 0.6) is 5.75 Å². The van der Waals surface area contributed by atoms with Gasteiger partial charge in [-0.05, 0) is 41.3 Å². The molecule has 2 N–H and O–H groups in total. The van der Waals surface area contributed by atoms with Crippen LogP contribution in [0.3, 0.4) is 0 Å². The topological polar surface area (TPSA) is 82.6 Å². The van der Waals surface area contributed by atoms with Crippen LogP contribution >= 0.6 is 0 Å². The number of benzene rings is 4. The lowest BCUT2D eigenvalue weighted by Crippen LogP contribution is -2.46. The number of nitrogens with zero attached hydrogens (tertiary/aromatic N) is 3. The third-order valence-electron chi connectivity index (χ3n) is 7.61. The van der Waals surface area contributed by atoms with Crippen molar-refractivity contribution in [1.82, 2.24) is 14.5 Å². The second-order valence-electron chi connectivity index (χ2n) is 10.3. The fraction of sp³-hybridized carbons (Fsp3) is 0.167. The van der Waals surface area contributed by atoms with Crippen molar-refractivity contribution in [3.8, 4) is 5.75 Å². The Hall–Kier alpha value is -5.30. The number of rotatable bonds is 7. The Labute approximate surface area is 252 Å². The minimum Gasteiger partial charge on any atom is -0.497 e. The summed E-state index contributed by atoms with van der Waals surface area (Å²) in [4.78, 5) is 18.2. The van der Waals surface area contributed by atoms with Gasteiger partial charge in [-0.25, -0.2) is 4.98 Å². The number of carbonyl (C=O) groups is 1. The summed E-state index contributed by atoms with van der Waals surface area (Å²) in [6, 6.07) is 39.5. The monoisotopic (exact) mass is 572 g/mol. The van der Waals surface area contributed by atoms with Crippen molar-refractivity contribution in [3.63, 3.8) is 0 Å². The molecule has 1 saturated heterocycles. The highest BCUT2D eigenvalue weighted by Gasteiger charge is 2.37. The summed E-state index contributed by atoms with van der Waals surface area (Å²) in [7, 11) is 1.63. The molecule has 1 aromatic heterocycles. The number of hydrogen-bond acceptors (Lipinski definition) is 5. The van der Waals surface area contributed by atoms with Crippen molar-refractivity contribution in [2.45, 2.75) is 25.0 Å². The lowest BCUT2D eigenvalue weighted by atomic mass is 9.77. The maximum absolute atomic E-state index is 12.1. The smallest absolute Gasteiger partial charge is 0.291 e. The van der Waals surface area contributed by atoms with E-state index in [1.807, 2.05) is 49.9 Å². The predicted molar refractivity (Wildman–Crippen MR) is 168 cm³/mol. The van der Waals surface area contributed by atoms with E-state index in [1.54, 1.807) is 12.0 Å². The number of amides is 1. The Morgan fingerprint density at radius 3 is 1.86 bits per heavy atom. The van der Waals surface area contributed by atoms with Crippen molar-refractivity contribution in [3.05, 3.63) is 168 Å². The van der Waals surface area contributed by atoms with Gasteiger partial charge >= 0.3 is 0 Å². The van der Waals surface area contributed by atoms with Gasteiger partial charge in [-0.1, -0.05) is 103 Å². The first-order chi connectivity index (χ1) is 21.1. The molecule has 5 aromatic rings. The van der Waals surface area contributed by atoms with E-state index in [9.17, 15) is 4.79 Å². The zero-order valence-electron chi connectivity index (χ0n) is 24.4. The van der Waals surface area contributed by atoms with Crippen LogP contribution in [-0.2, 0) is 21.6 Å². The summed E-state index contributed by atoms with van der Waals surface area (Å²) in [6.45, 7) is 2.95. The summed E-state index contributed by atoms with van der Waals surface area (Å²) < 4.78 is 12.6. The highest BCUT2D eigenvalue weighted by Crippen LogP contribution is 2.40. The Balaban J connectivity index is 0.000000177. The average molecular weight is 573 g/mol. The quantitative estimate of drug-likeness (QED) is 0.192. The van der Waals surface area contributed by atoms with E-state index in [0.29, 0.717) is 13.2 Å². The van der Waals surface area contributed by atoms with Crippen LogP contribution in [0.25, 0.3) is 0 Å². The molecule has 4 aromatic carbocycles. The van der Waals surface area contributed by atoms with Gasteiger partial charge in [0.15, 0.2) is 5.76 Å². The number of aromatic nitrogens is 2. The maximum Gasteiger partial charge on any atom is 0.291 e. The zero-order valence-corrected chi connectivity index (χ0v) is 24.4. The van der Waals surface area contributed by atoms with Crippen LogP contribution in [0.4, 0.5) is 0 Å². The second kappa shape index (κ2) is 13.6. The molecular formula is C36H36N4O3. The second-order valence-corrected chi connectivity index (χ2v) is 10.3. The molecule has 2 heterocycles. The van der Waals surface area contributed by atoms with Crippen molar-refractivity contribution < 1.29 is 14.3 Å². The standard InChI is InChI=1S/C22H18N2.C14H18N2O3/c1-4-10-19(11-5-1)22(24-17-16-23-18-24,20-12-6-2-7-13-20)21-14-8-3-9-15-21;1-10-9-19-13(7-15)14(17)16(10)8-11-3-5-12(18-2)6-4-11/h1-18H;3-7,10H,8-9,15H2,1-2H3/b;13-7-. The highest BCUT2D eigenvalue weighted by atomic mass is 16.5. The highest BCUT2D eigenvalue weighted by molar-refractivity contribution is 5.92. The Morgan fingerprint density at radius 1 is 0.884 bits per heavy atom. The van der Waals surface area contributed by atoms with Crippen LogP contribution in [0.2, 0.25) is 0 Å². The van der Waals surface area contributed by atoms with E-state index in [-0.39, 0.29) is 17.7 Å². The molecule has 0 spiro atoms. The molecule has 1 aliphatic rings. The van der Waals surface area contributed by atoms with E-state index in [2.05, 4.69) is 101 Å². The molecule has 7 heteroatoms. The predicted octanol–water partition coefficient (Wildman–Crippen LogP) is 5.97. The SMILES string of the molecule is COc1ccc(CN2C(=O)/C(=C/N)OCC2C)cc1.c1ccc(C(c2ccccc2)(c2ccccc2)n2ccnc2)cc1. The summed E-state index contributed by atoms with van der Waals surface area (Å²) in [5.41, 5.74) is 9.60. The zero-order chi connectivity index (χ0) is 30.1. The van der Waals surface area contributed by atoms with Gasteiger partial charge in [-0.3, -0.25) is 4.79 Å². The van der Waals surface area contributed by atoms with Crippen LogP contribution < -0.4 is 10.5 Å². The summed E-state index contributed by atoms with van der Waals surface area (Å²) in [5, 5.41) is 0. The maximum atomic E-state index is 12.1. The number of ether oxygens (including phenoxy) is 2. The van der Waals surface area contributed by atoms with Gasteiger partial charge in [0.05, 0.1) is 19.5 Å². The molecule has 0 bridgehead atoms. The van der Waals surface area contributed by atoms with Gasteiger partial charge in [0.25, 0.3) is 5.91 Å². The fourth-order valence-electron chi connectivity index (χ4n) is 5.42. The number of nitrogens with two attached hydrogens (primary N) is 1. The molecule has 1 amide bonds. The Morgan fingerprint density at radius 2 is 1.42 bits per heavy atom. The van der Waals surface area contributed by atoms with Crippen LogP contribution in [0.1, 0.15) is 29.2 Å². The molecule has 43 heavy (non-hydrogen) atoms. The van der Waals surface area contributed by atoms with Gasteiger partial charge < -0.3 is 24.7 Å². The lowest BCUT2D eigenvalue weighted by molar-refractivity contribution is -0.140. The van der Waals surface area contributed by atoms with E-state index >= 15 is 0 Å². The third kappa shape index (κ3) is 6.16. The van der Waals surface area contributed by atoms with E-state index < -0.39 is 5.54 Å². The molecule has 1 aliphatic heterocycles. The molecule has 0 radical (unpaired) electrons. The molecule has 218 valence electrons. The molecular weight excluding hydrogens is 536 g/mol. The average Bonchev–Trinajstić information content (AvgIpc) is 3.61. The fourth-order valence-corrected chi connectivity index (χ4v) is 5.42. The number of methoxy groups -OCH3 is 1. The molecule has 1 unspecified atom stereocenters. The number of carbonyl (C=O) groups excluding carboxylic acids is 1. The van der Waals surface area contributed by atoms with Crippen LogP contribution in [0.15, 0.2) is 146 Å². The van der Waals surface area contributed by atoms with E-state index in [1.165, 1.54) is 22.9 Å². The molecule has 0 aliphatic carbocycles. The third-order valence-corrected chi connectivity index (χ3v) is 7.61. The van der Waals surface area contributed by atoms with Crippen molar-refractivity contribution in [2.75, 3.05) is 13.7 Å². The van der Waals surface area contributed by atoms with Crippen molar-refractivity contribution >= 4 is 5.91 Å². The Kier molecular flexibility index (Phi) is 9.22. The first-order valence-electron chi connectivity index (χ1n) is 14.2. The molecule has 1 fully saturated rings. The van der Waals surface area contributed by atoms with E-state index in [4.69, 9.17) is 15.2 Å². The summed E-state index contributed by atoms with van der Waals surface area (Å²) in [5.74, 6) is 0.844. The minimum atomic E-state index is -0.444. The summed E-state index contributed by atoms with van der Waals surface area (Å²) >= 11 is 0. The number of imidazole rings is 1.